The Morgan fingerprint density at radius 3 is 2.59 bits per heavy atom. The lowest BCUT2D eigenvalue weighted by atomic mass is 10.0. The molecular formula is C17H15NO4. The molecule has 5 nitrogen and oxygen atoms in total. The van der Waals surface area contributed by atoms with Crippen LogP contribution in [0, 0.1) is 0 Å². The first kappa shape index (κ1) is 13.0. The Hall–Kier alpha value is -2.69. The van der Waals surface area contributed by atoms with Crippen molar-refractivity contribution in [1.29, 1.82) is 0 Å². The molecule has 0 unspecified atom stereocenters. The van der Waals surface area contributed by atoms with Gasteiger partial charge in [0.05, 0.1) is 0 Å². The quantitative estimate of drug-likeness (QED) is 0.925. The molecule has 4 rings (SSSR count). The molecule has 1 N–H and O–H groups in total. The van der Waals surface area contributed by atoms with Crippen LogP contribution in [0.4, 0.5) is 5.69 Å². The molecule has 2 aromatic rings. The van der Waals surface area contributed by atoms with E-state index in [1.807, 2.05) is 36.4 Å². The summed E-state index contributed by atoms with van der Waals surface area (Å²) in [5.74, 6) is 2.95. The van der Waals surface area contributed by atoms with Gasteiger partial charge >= 0.3 is 0 Å². The predicted octanol–water partition coefficient (Wildman–Crippen LogP) is 3.13. The Balaban J connectivity index is 1.57. The highest BCUT2D eigenvalue weighted by molar-refractivity contribution is 5.94. The molecule has 1 amide bonds. The Morgan fingerprint density at radius 2 is 1.68 bits per heavy atom. The second-order valence-electron chi connectivity index (χ2n) is 5.27. The topological polar surface area (TPSA) is 56.8 Å². The number of benzene rings is 2. The Morgan fingerprint density at radius 1 is 0.909 bits per heavy atom. The fourth-order valence-corrected chi connectivity index (χ4v) is 2.65. The lowest BCUT2D eigenvalue weighted by Crippen LogP contribution is -2.18. The summed E-state index contributed by atoms with van der Waals surface area (Å²) in [6.45, 7) is 1.12. The number of carbonyl (C=O) groups excluding carboxylic acids is 1. The Bertz CT molecular complexity index is 741. The summed E-state index contributed by atoms with van der Waals surface area (Å²) in [5.41, 5.74) is 1.96. The molecule has 2 aromatic carbocycles. The van der Waals surface area contributed by atoms with Gasteiger partial charge in [-0.3, -0.25) is 4.79 Å². The summed E-state index contributed by atoms with van der Waals surface area (Å²) in [6.07, 6.45) is 1.25. The maximum Gasteiger partial charge on any atom is 0.224 e. The van der Waals surface area contributed by atoms with Crippen LogP contribution in [0.5, 0.6) is 23.0 Å². The molecule has 2 aliphatic heterocycles. The van der Waals surface area contributed by atoms with E-state index in [2.05, 4.69) is 5.32 Å². The van der Waals surface area contributed by atoms with Crippen LogP contribution in [-0.2, 0) is 11.2 Å². The van der Waals surface area contributed by atoms with Crippen molar-refractivity contribution < 1.29 is 19.0 Å². The van der Waals surface area contributed by atoms with Crippen LogP contribution in [0.3, 0.4) is 0 Å². The largest absolute Gasteiger partial charge is 0.486 e. The van der Waals surface area contributed by atoms with Gasteiger partial charge in [0.1, 0.15) is 24.7 Å². The molecular weight excluding hydrogens is 282 g/mol. The standard InChI is InChI=1S/C17H15NO4/c19-17-6-1-11-9-12(2-4-14(11)18-17)22-13-3-5-15-16(10-13)21-8-7-20-15/h2-5,9-10H,1,6-8H2,(H,18,19). The van der Waals surface area contributed by atoms with Crippen LogP contribution in [0.2, 0.25) is 0 Å². The zero-order valence-corrected chi connectivity index (χ0v) is 11.9. The average molecular weight is 297 g/mol. The number of rotatable bonds is 2. The van der Waals surface area contributed by atoms with Crippen LogP contribution in [0.15, 0.2) is 36.4 Å². The molecule has 22 heavy (non-hydrogen) atoms. The van der Waals surface area contributed by atoms with E-state index in [1.54, 1.807) is 0 Å². The smallest absolute Gasteiger partial charge is 0.224 e. The van der Waals surface area contributed by atoms with E-state index >= 15 is 0 Å². The lowest BCUT2D eigenvalue weighted by Gasteiger charge is -2.20. The molecule has 0 aromatic heterocycles. The van der Waals surface area contributed by atoms with Gasteiger partial charge in [0, 0.05) is 18.2 Å². The van der Waals surface area contributed by atoms with Gasteiger partial charge in [-0.15, -0.1) is 0 Å². The van der Waals surface area contributed by atoms with Gasteiger partial charge in [-0.25, -0.2) is 0 Å². The fourth-order valence-electron chi connectivity index (χ4n) is 2.65. The molecule has 112 valence electrons. The van der Waals surface area contributed by atoms with E-state index in [-0.39, 0.29) is 5.91 Å². The molecule has 0 radical (unpaired) electrons. The van der Waals surface area contributed by atoms with Crippen LogP contribution in [0.1, 0.15) is 12.0 Å². The molecule has 0 aliphatic carbocycles. The predicted molar refractivity (Wildman–Crippen MR) is 80.9 cm³/mol. The third-order valence-electron chi connectivity index (χ3n) is 3.72. The maximum absolute atomic E-state index is 11.4. The first-order chi connectivity index (χ1) is 10.8. The Kier molecular flexibility index (Phi) is 3.11. The van der Waals surface area contributed by atoms with E-state index in [9.17, 15) is 4.79 Å². The van der Waals surface area contributed by atoms with Crippen molar-refractivity contribution in [2.45, 2.75) is 12.8 Å². The van der Waals surface area contributed by atoms with Gasteiger partial charge in [-0.1, -0.05) is 0 Å². The number of fused-ring (bicyclic) bond motifs is 2. The van der Waals surface area contributed by atoms with Gasteiger partial charge in [0.2, 0.25) is 5.91 Å². The van der Waals surface area contributed by atoms with Crippen LogP contribution in [0.25, 0.3) is 0 Å². The number of hydrogen-bond donors (Lipinski definition) is 1. The molecule has 0 fully saturated rings. The summed E-state index contributed by atoms with van der Waals surface area (Å²) in [5, 5.41) is 2.86. The minimum Gasteiger partial charge on any atom is -0.486 e. The van der Waals surface area contributed by atoms with Crippen molar-refractivity contribution in [2.75, 3.05) is 18.5 Å². The molecule has 0 bridgehead atoms. The normalized spacial score (nSPS) is 15.7. The monoisotopic (exact) mass is 297 g/mol. The van der Waals surface area contributed by atoms with E-state index in [4.69, 9.17) is 14.2 Å². The number of aryl methyl sites for hydroxylation is 1. The minimum absolute atomic E-state index is 0.0630. The highest BCUT2D eigenvalue weighted by atomic mass is 16.6. The summed E-state index contributed by atoms with van der Waals surface area (Å²) >= 11 is 0. The summed E-state index contributed by atoms with van der Waals surface area (Å²) < 4.78 is 16.9. The SMILES string of the molecule is O=C1CCc2cc(Oc3ccc4c(c3)OCCO4)ccc2N1. The highest BCUT2D eigenvalue weighted by Gasteiger charge is 2.16. The number of carbonyl (C=O) groups is 1. The minimum atomic E-state index is 0.0630. The van der Waals surface area contributed by atoms with E-state index < -0.39 is 0 Å². The van der Waals surface area contributed by atoms with E-state index in [1.165, 1.54) is 0 Å². The second-order valence-corrected chi connectivity index (χ2v) is 5.27. The zero-order chi connectivity index (χ0) is 14.9. The number of ether oxygens (including phenoxy) is 3. The van der Waals surface area contributed by atoms with E-state index in [0.717, 1.165) is 29.2 Å². The number of nitrogens with one attached hydrogen (secondary N) is 1. The van der Waals surface area contributed by atoms with Gasteiger partial charge in [0.25, 0.3) is 0 Å². The molecule has 2 heterocycles. The van der Waals surface area contributed by atoms with Crippen LogP contribution in [-0.4, -0.2) is 19.1 Å². The van der Waals surface area contributed by atoms with Crippen molar-refractivity contribution in [1.82, 2.24) is 0 Å². The Labute approximate surface area is 127 Å². The van der Waals surface area contributed by atoms with Crippen LogP contribution < -0.4 is 19.5 Å². The third-order valence-corrected chi connectivity index (χ3v) is 3.72. The molecule has 0 spiro atoms. The highest BCUT2D eigenvalue weighted by Crippen LogP contribution is 2.36. The van der Waals surface area contributed by atoms with Crippen molar-refractivity contribution in [2.24, 2.45) is 0 Å². The lowest BCUT2D eigenvalue weighted by molar-refractivity contribution is -0.116. The van der Waals surface area contributed by atoms with Gasteiger partial charge in [-0.2, -0.15) is 0 Å². The molecule has 5 heteroatoms. The molecule has 0 atom stereocenters. The third kappa shape index (κ3) is 2.45. The van der Waals surface area contributed by atoms with Gasteiger partial charge < -0.3 is 19.5 Å². The van der Waals surface area contributed by atoms with Gasteiger partial charge in [0.15, 0.2) is 11.5 Å². The van der Waals surface area contributed by atoms with Crippen molar-refractivity contribution in [3.05, 3.63) is 42.0 Å². The van der Waals surface area contributed by atoms with Crippen molar-refractivity contribution >= 4 is 11.6 Å². The molecule has 0 saturated carbocycles. The number of amides is 1. The summed E-state index contributed by atoms with van der Waals surface area (Å²) in [6, 6.07) is 11.2. The summed E-state index contributed by atoms with van der Waals surface area (Å²) in [7, 11) is 0. The number of hydrogen-bond acceptors (Lipinski definition) is 4. The maximum atomic E-state index is 11.4. The van der Waals surface area contributed by atoms with E-state index in [0.29, 0.717) is 31.1 Å². The average Bonchev–Trinajstić information content (AvgIpc) is 2.55. The fraction of sp³-hybridized carbons (Fsp3) is 0.235. The van der Waals surface area contributed by atoms with Crippen molar-refractivity contribution in [3.8, 4) is 23.0 Å². The van der Waals surface area contributed by atoms with Crippen LogP contribution >= 0.6 is 0 Å². The molecule has 2 aliphatic rings. The van der Waals surface area contributed by atoms with Gasteiger partial charge in [-0.05, 0) is 42.3 Å². The molecule has 0 saturated heterocycles. The number of anilines is 1. The summed E-state index contributed by atoms with van der Waals surface area (Å²) in [4.78, 5) is 11.4. The van der Waals surface area contributed by atoms with Crippen molar-refractivity contribution in [3.63, 3.8) is 0 Å². The first-order valence-corrected chi connectivity index (χ1v) is 7.28. The second kappa shape index (κ2) is 5.26. The zero-order valence-electron chi connectivity index (χ0n) is 11.9. The first-order valence-electron chi connectivity index (χ1n) is 7.28.